The summed E-state index contributed by atoms with van der Waals surface area (Å²) in [6, 6.07) is 5.98. The number of hydrogen-bond donors (Lipinski definition) is 1. The van der Waals surface area contributed by atoms with Gasteiger partial charge >= 0.3 is 5.97 Å². The summed E-state index contributed by atoms with van der Waals surface area (Å²) in [7, 11) is 0. The maximum Gasteiger partial charge on any atom is 0.338 e. The number of esters is 1. The van der Waals surface area contributed by atoms with Crippen molar-refractivity contribution in [1.82, 2.24) is 5.32 Å². The second kappa shape index (κ2) is 3.84. The molecule has 1 N–H and O–H groups in total. The molecule has 0 radical (unpaired) electrons. The number of rotatable bonds is 2. The molecule has 1 aromatic rings. The number of ether oxygens (including phenoxy) is 1. The summed E-state index contributed by atoms with van der Waals surface area (Å²) in [6.45, 7) is 4.23. The van der Waals surface area contributed by atoms with Crippen LogP contribution in [-0.4, -0.2) is 19.1 Å². The van der Waals surface area contributed by atoms with E-state index in [1.54, 1.807) is 0 Å². The highest BCUT2D eigenvalue weighted by Crippen LogP contribution is 2.50. The lowest BCUT2D eigenvalue weighted by Gasteiger charge is -2.26. The average Bonchev–Trinajstić information content (AvgIpc) is 3.10. The summed E-state index contributed by atoms with van der Waals surface area (Å²) < 4.78 is 5.05. The van der Waals surface area contributed by atoms with E-state index in [9.17, 15) is 4.79 Å². The van der Waals surface area contributed by atoms with Crippen molar-refractivity contribution in [3.05, 3.63) is 34.9 Å². The zero-order chi connectivity index (χ0) is 11.9. The predicted octanol–water partition coefficient (Wildman–Crippen LogP) is 2.00. The van der Waals surface area contributed by atoms with Crippen LogP contribution in [0.4, 0.5) is 0 Å². The highest BCUT2D eigenvalue weighted by atomic mass is 16.5. The van der Waals surface area contributed by atoms with E-state index in [4.69, 9.17) is 4.74 Å². The fraction of sp³-hybridized carbons (Fsp3) is 0.500. The van der Waals surface area contributed by atoms with Gasteiger partial charge < -0.3 is 10.1 Å². The summed E-state index contributed by atoms with van der Waals surface area (Å²) in [5.41, 5.74) is 3.71. The van der Waals surface area contributed by atoms with Gasteiger partial charge in [-0.3, -0.25) is 0 Å². The van der Waals surface area contributed by atoms with Crippen molar-refractivity contribution in [2.75, 3.05) is 13.2 Å². The summed E-state index contributed by atoms with van der Waals surface area (Å²) in [6.07, 6.45) is 2.47. The van der Waals surface area contributed by atoms with E-state index in [0.717, 1.165) is 13.1 Å². The molecule has 1 aliphatic carbocycles. The fourth-order valence-electron chi connectivity index (χ4n) is 2.69. The molecule has 3 heteroatoms. The number of fused-ring (bicyclic) bond motifs is 2. The van der Waals surface area contributed by atoms with Crippen LogP contribution in [0, 0.1) is 0 Å². The van der Waals surface area contributed by atoms with Gasteiger partial charge in [-0.05, 0) is 43.0 Å². The van der Waals surface area contributed by atoms with Crippen molar-refractivity contribution in [1.29, 1.82) is 0 Å². The Kier molecular flexibility index (Phi) is 2.44. The van der Waals surface area contributed by atoms with Crippen LogP contribution in [0.15, 0.2) is 18.2 Å². The number of hydrogen-bond acceptors (Lipinski definition) is 3. The Morgan fingerprint density at radius 2 is 2.29 bits per heavy atom. The molecule has 90 valence electrons. The van der Waals surface area contributed by atoms with Crippen LogP contribution in [0.25, 0.3) is 0 Å². The Balaban J connectivity index is 1.97. The fourth-order valence-corrected chi connectivity index (χ4v) is 2.69. The summed E-state index contributed by atoms with van der Waals surface area (Å²) >= 11 is 0. The molecule has 0 saturated heterocycles. The topological polar surface area (TPSA) is 38.3 Å². The zero-order valence-corrected chi connectivity index (χ0v) is 10.1. The lowest BCUT2D eigenvalue weighted by Crippen LogP contribution is -2.33. The van der Waals surface area contributed by atoms with E-state index in [2.05, 4.69) is 11.4 Å². The zero-order valence-electron chi connectivity index (χ0n) is 10.1. The third-order valence-corrected chi connectivity index (χ3v) is 3.82. The Labute approximate surface area is 101 Å². The van der Waals surface area contributed by atoms with Gasteiger partial charge in [-0.15, -0.1) is 0 Å². The van der Waals surface area contributed by atoms with Crippen LogP contribution in [-0.2, 0) is 16.7 Å². The minimum absolute atomic E-state index is 0.204. The molecule has 0 bridgehead atoms. The highest BCUT2D eigenvalue weighted by Gasteiger charge is 2.46. The Bertz CT molecular complexity index is 463. The minimum Gasteiger partial charge on any atom is -0.462 e. The standard InChI is InChI=1S/C14H17NO2/c1-2-17-13(16)10-3-4-11-8-15-9-14(5-6-14)12(11)7-10/h3-4,7,15H,2,5-6,8-9H2,1H3. The normalized spacial score (nSPS) is 19.8. The second-order valence-electron chi connectivity index (χ2n) is 4.98. The van der Waals surface area contributed by atoms with E-state index >= 15 is 0 Å². The van der Waals surface area contributed by atoms with Crippen LogP contribution in [0.2, 0.25) is 0 Å². The lowest BCUT2D eigenvalue weighted by atomic mass is 9.87. The molecular formula is C14H17NO2. The molecule has 0 aromatic heterocycles. The molecule has 1 spiro atoms. The van der Waals surface area contributed by atoms with Gasteiger partial charge in [-0.25, -0.2) is 4.79 Å². The number of benzene rings is 1. The molecular weight excluding hydrogens is 214 g/mol. The van der Waals surface area contributed by atoms with Crippen molar-refractivity contribution >= 4 is 5.97 Å². The van der Waals surface area contributed by atoms with Crippen molar-refractivity contribution in [3.8, 4) is 0 Å². The molecule has 17 heavy (non-hydrogen) atoms. The smallest absolute Gasteiger partial charge is 0.338 e. The van der Waals surface area contributed by atoms with Crippen molar-refractivity contribution in [2.24, 2.45) is 0 Å². The first-order valence-electron chi connectivity index (χ1n) is 6.26. The van der Waals surface area contributed by atoms with Gasteiger partial charge in [0.1, 0.15) is 0 Å². The maximum absolute atomic E-state index is 11.7. The van der Waals surface area contributed by atoms with E-state index in [-0.39, 0.29) is 5.97 Å². The predicted molar refractivity (Wildman–Crippen MR) is 65.0 cm³/mol. The molecule has 1 saturated carbocycles. The van der Waals surface area contributed by atoms with Gasteiger partial charge in [0.2, 0.25) is 0 Å². The Hall–Kier alpha value is -1.35. The molecule has 1 fully saturated rings. The Morgan fingerprint density at radius 1 is 1.47 bits per heavy atom. The van der Waals surface area contributed by atoms with E-state index in [0.29, 0.717) is 17.6 Å². The summed E-state index contributed by atoms with van der Waals surface area (Å²) in [5, 5.41) is 3.45. The monoisotopic (exact) mass is 231 g/mol. The second-order valence-corrected chi connectivity index (χ2v) is 4.98. The largest absolute Gasteiger partial charge is 0.462 e. The van der Waals surface area contributed by atoms with Gasteiger partial charge in [0.25, 0.3) is 0 Å². The van der Waals surface area contributed by atoms with Crippen LogP contribution in [0.5, 0.6) is 0 Å². The molecule has 1 aromatic carbocycles. The van der Waals surface area contributed by atoms with Gasteiger partial charge in [-0.1, -0.05) is 6.07 Å². The molecule has 1 heterocycles. The first kappa shape index (κ1) is 10.8. The Morgan fingerprint density at radius 3 is 3.00 bits per heavy atom. The van der Waals surface area contributed by atoms with Crippen molar-refractivity contribution in [2.45, 2.75) is 31.7 Å². The quantitative estimate of drug-likeness (QED) is 0.791. The van der Waals surface area contributed by atoms with Gasteiger partial charge in [0.15, 0.2) is 0 Å². The summed E-state index contributed by atoms with van der Waals surface area (Å²) in [5.74, 6) is -0.204. The van der Waals surface area contributed by atoms with Crippen LogP contribution >= 0.6 is 0 Å². The lowest BCUT2D eigenvalue weighted by molar-refractivity contribution is 0.0526. The molecule has 0 unspecified atom stereocenters. The first-order valence-corrected chi connectivity index (χ1v) is 6.26. The molecule has 0 atom stereocenters. The van der Waals surface area contributed by atoms with Crippen LogP contribution in [0.3, 0.4) is 0 Å². The molecule has 3 nitrogen and oxygen atoms in total. The van der Waals surface area contributed by atoms with E-state index in [1.165, 1.54) is 24.0 Å². The first-order chi connectivity index (χ1) is 8.25. The number of nitrogens with one attached hydrogen (secondary N) is 1. The third-order valence-electron chi connectivity index (χ3n) is 3.82. The average molecular weight is 231 g/mol. The van der Waals surface area contributed by atoms with Crippen molar-refractivity contribution < 1.29 is 9.53 Å². The van der Waals surface area contributed by atoms with Crippen molar-refractivity contribution in [3.63, 3.8) is 0 Å². The third kappa shape index (κ3) is 1.75. The van der Waals surface area contributed by atoms with Gasteiger partial charge in [0.05, 0.1) is 12.2 Å². The number of carbonyl (C=O) groups is 1. The minimum atomic E-state index is -0.204. The van der Waals surface area contributed by atoms with E-state index < -0.39 is 0 Å². The molecule has 3 rings (SSSR count). The molecule has 1 aliphatic heterocycles. The van der Waals surface area contributed by atoms with E-state index in [1.807, 2.05) is 19.1 Å². The molecule has 0 amide bonds. The maximum atomic E-state index is 11.7. The van der Waals surface area contributed by atoms with Crippen LogP contribution < -0.4 is 5.32 Å². The van der Waals surface area contributed by atoms with Crippen LogP contribution in [0.1, 0.15) is 41.3 Å². The molecule has 2 aliphatic rings. The highest BCUT2D eigenvalue weighted by molar-refractivity contribution is 5.89. The SMILES string of the molecule is CCOC(=O)c1ccc2c(c1)C1(CC1)CNC2. The van der Waals surface area contributed by atoms with Gasteiger partial charge in [0, 0.05) is 18.5 Å². The van der Waals surface area contributed by atoms with Gasteiger partial charge in [-0.2, -0.15) is 0 Å². The summed E-state index contributed by atoms with van der Waals surface area (Å²) in [4.78, 5) is 11.7. The number of carbonyl (C=O) groups excluding carboxylic acids is 1.